The molecule has 0 aliphatic heterocycles. The molecule has 0 bridgehead atoms. The van der Waals surface area contributed by atoms with Crippen LogP contribution < -0.4 is 5.73 Å². The van der Waals surface area contributed by atoms with Crippen molar-refractivity contribution in [2.75, 3.05) is 6.61 Å². The molecule has 0 unspecified atom stereocenters. The van der Waals surface area contributed by atoms with Gasteiger partial charge in [0.05, 0.1) is 16.6 Å². The fourth-order valence-electron chi connectivity index (χ4n) is 1.05. The van der Waals surface area contributed by atoms with E-state index in [9.17, 15) is 8.78 Å². The molecule has 3 N–H and O–H groups in total. The summed E-state index contributed by atoms with van der Waals surface area (Å²) in [5, 5.41) is 8.93. The van der Waals surface area contributed by atoms with Crippen LogP contribution in [0.4, 0.5) is 8.78 Å². The van der Waals surface area contributed by atoms with Gasteiger partial charge in [0.15, 0.2) is 0 Å². The summed E-state index contributed by atoms with van der Waals surface area (Å²) in [4.78, 5) is 0. The fourth-order valence-corrected chi connectivity index (χ4v) is 1.39. The minimum absolute atomic E-state index is 0.0771. The van der Waals surface area contributed by atoms with Crippen LogP contribution in [0.1, 0.15) is 12.5 Å². The van der Waals surface area contributed by atoms with Crippen LogP contribution in [0.3, 0.4) is 0 Å². The largest absolute Gasteiger partial charge is 0.394 e. The van der Waals surface area contributed by atoms with Gasteiger partial charge in [-0.05, 0) is 28.9 Å². The lowest BCUT2D eigenvalue weighted by atomic mass is 9.94. The van der Waals surface area contributed by atoms with E-state index in [0.29, 0.717) is 0 Å². The van der Waals surface area contributed by atoms with Gasteiger partial charge in [0, 0.05) is 11.6 Å². The number of rotatable bonds is 2. The van der Waals surface area contributed by atoms with Crippen molar-refractivity contribution in [1.82, 2.24) is 0 Å². The molecular formula is C9H10BrF2NO. The van der Waals surface area contributed by atoms with Crippen LogP contribution in [0, 0.1) is 11.6 Å². The predicted molar refractivity (Wildman–Crippen MR) is 52.7 cm³/mol. The second-order valence-electron chi connectivity index (χ2n) is 3.32. The Balaban J connectivity index is 3.29. The molecule has 0 heterocycles. The Bertz CT molecular complexity index is 355. The van der Waals surface area contributed by atoms with Gasteiger partial charge in [0.1, 0.15) is 11.6 Å². The van der Waals surface area contributed by atoms with Gasteiger partial charge in [0.2, 0.25) is 0 Å². The van der Waals surface area contributed by atoms with E-state index in [1.807, 2.05) is 0 Å². The number of nitrogens with two attached hydrogens (primary N) is 1. The molecule has 0 aliphatic carbocycles. The normalized spacial score (nSPS) is 15.3. The van der Waals surface area contributed by atoms with E-state index in [2.05, 4.69) is 15.9 Å². The maximum atomic E-state index is 13.3. The van der Waals surface area contributed by atoms with Crippen LogP contribution in [-0.4, -0.2) is 11.7 Å². The summed E-state index contributed by atoms with van der Waals surface area (Å²) in [6, 6.07) is 1.97. The van der Waals surface area contributed by atoms with Gasteiger partial charge >= 0.3 is 0 Å². The van der Waals surface area contributed by atoms with Crippen molar-refractivity contribution in [3.63, 3.8) is 0 Å². The molecule has 1 rings (SSSR count). The number of hydrogen-bond acceptors (Lipinski definition) is 2. The third-order valence-corrected chi connectivity index (χ3v) is 2.56. The molecule has 78 valence electrons. The maximum Gasteiger partial charge on any atom is 0.140 e. The summed E-state index contributed by atoms with van der Waals surface area (Å²) in [6.45, 7) is 1.05. The number of halogens is 3. The molecule has 1 aromatic rings. The highest BCUT2D eigenvalue weighted by molar-refractivity contribution is 9.10. The van der Waals surface area contributed by atoms with Crippen LogP contribution in [0.5, 0.6) is 0 Å². The molecule has 1 aromatic carbocycles. The number of hydrogen-bond donors (Lipinski definition) is 2. The highest BCUT2D eigenvalue weighted by Gasteiger charge is 2.25. The van der Waals surface area contributed by atoms with Crippen molar-refractivity contribution >= 4 is 15.9 Å². The van der Waals surface area contributed by atoms with Crippen LogP contribution in [0.15, 0.2) is 16.6 Å². The first kappa shape index (κ1) is 11.6. The zero-order valence-electron chi connectivity index (χ0n) is 7.52. The van der Waals surface area contributed by atoms with E-state index in [1.165, 1.54) is 13.0 Å². The lowest BCUT2D eigenvalue weighted by molar-refractivity contribution is 0.206. The molecule has 0 amide bonds. The first-order valence-electron chi connectivity index (χ1n) is 3.93. The average Bonchev–Trinajstić information content (AvgIpc) is 2.11. The first-order chi connectivity index (χ1) is 6.38. The average molecular weight is 266 g/mol. The summed E-state index contributed by atoms with van der Waals surface area (Å²) in [5.41, 5.74) is 4.49. The standard InChI is InChI=1S/C9H10BrF2NO/c1-9(13,4-14)5-2-6(10)8(12)3-7(5)11/h2-3,14H,4,13H2,1H3/t9-/m1/s1. The smallest absolute Gasteiger partial charge is 0.140 e. The zero-order valence-corrected chi connectivity index (χ0v) is 9.11. The highest BCUT2D eigenvalue weighted by Crippen LogP contribution is 2.26. The van der Waals surface area contributed by atoms with E-state index in [0.717, 1.165) is 6.07 Å². The van der Waals surface area contributed by atoms with E-state index in [-0.39, 0.29) is 10.0 Å². The van der Waals surface area contributed by atoms with Gasteiger partial charge in [-0.3, -0.25) is 0 Å². The topological polar surface area (TPSA) is 46.2 Å². The van der Waals surface area contributed by atoms with Crippen LogP contribution in [0.25, 0.3) is 0 Å². The Morgan fingerprint density at radius 1 is 1.43 bits per heavy atom. The quantitative estimate of drug-likeness (QED) is 0.803. The molecule has 0 aromatic heterocycles. The van der Waals surface area contributed by atoms with Gasteiger partial charge in [-0.1, -0.05) is 0 Å². The van der Waals surface area contributed by atoms with Gasteiger partial charge in [-0.25, -0.2) is 8.78 Å². The van der Waals surface area contributed by atoms with E-state index in [1.54, 1.807) is 0 Å². The van der Waals surface area contributed by atoms with Crippen LogP contribution in [0.2, 0.25) is 0 Å². The third-order valence-electron chi connectivity index (χ3n) is 1.95. The second kappa shape index (κ2) is 3.92. The molecule has 0 spiro atoms. The summed E-state index contributed by atoms with van der Waals surface area (Å²) in [7, 11) is 0. The Kier molecular flexibility index (Phi) is 3.24. The Morgan fingerprint density at radius 3 is 2.50 bits per heavy atom. The monoisotopic (exact) mass is 265 g/mol. The van der Waals surface area contributed by atoms with E-state index >= 15 is 0 Å². The van der Waals surface area contributed by atoms with Crippen LogP contribution >= 0.6 is 15.9 Å². The molecule has 14 heavy (non-hydrogen) atoms. The molecule has 0 saturated heterocycles. The lowest BCUT2D eigenvalue weighted by Gasteiger charge is -2.23. The molecule has 2 nitrogen and oxygen atoms in total. The molecule has 0 radical (unpaired) electrons. The minimum atomic E-state index is -1.21. The molecule has 1 atom stereocenters. The fraction of sp³-hybridized carbons (Fsp3) is 0.333. The summed E-state index contributed by atoms with van der Waals surface area (Å²) < 4.78 is 26.2. The summed E-state index contributed by atoms with van der Waals surface area (Å²) in [6.07, 6.45) is 0. The third kappa shape index (κ3) is 2.10. The molecule has 0 fully saturated rings. The van der Waals surface area contributed by atoms with Gasteiger partial charge in [-0.2, -0.15) is 0 Å². The molecule has 0 saturated carbocycles. The van der Waals surface area contributed by atoms with Gasteiger partial charge in [-0.15, -0.1) is 0 Å². The first-order valence-corrected chi connectivity index (χ1v) is 4.72. The minimum Gasteiger partial charge on any atom is -0.394 e. The summed E-state index contributed by atoms with van der Waals surface area (Å²) >= 11 is 2.92. The van der Waals surface area contributed by atoms with Crippen molar-refractivity contribution in [2.24, 2.45) is 5.73 Å². The van der Waals surface area contributed by atoms with E-state index in [4.69, 9.17) is 10.8 Å². The zero-order chi connectivity index (χ0) is 10.9. The number of aliphatic hydroxyl groups is 1. The van der Waals surface area contributed by atoms with Crippen molar-refractivity contribution in [1.29, 1.82) is 0 Å². The Labute approximate surface area is 88.9 Å². The van der Waals surface area contributed by atoms with Crippen molar-refractivity contribution in [3.8, 4) is 0 Å². The summed E-state index contributed by atoms with van der Waals surface area (Å²) in [5.74, 6) is -1.45. The molecular weight excluding hydrogens is 256 g/mol. The molecule has 5 heteroatoms. The van der Waals surface area contributed by atoms with Crippen molar-refractivity contribution in [3.05, 3.63) is 33.8 Å². The number of benzene rings is 1. The van der Waals surface area contributed by atoms with Crippen LogP contribution in [-0.2, 0) is 5.54 Å². The SMILES string of the molecule is C[C@@](N)(CO)c1cc(Br)c(F)cc1F. The second-order valence-corrected chi connectivity index (χ2v) is 4.18. The Hall–Kier alpha value is -0.520. The highest BCUT2D eigenvalue weighted by atomic mass is 79.9. The molecule has 0 aliphatic rings. The van der Waals surface area contributed by atoms with E-state index < -0.39 is 23.8 Å². The number of aliphatic hydroxyl groups excluding tert-OH is 1. The predicted octanol–water partition coefficient (Wildman–Crippen LogP) is 1.89. The van der Waals surface area contributed by atoms with Crippen molar-refractivity contribution in [2.45, 2.75) is 12.5 Å². The van der Waals surface area contributed by atoms with Crippen molar-refractivity contribution < 1.29 is 13.9 Å². The lowest BCUT2D eigenvalue weighted by Crippen LogP contribution is -2.38. The van der Waals surface area contributed by atoms with Gasteiger partial charge in [0.25, 0.3) is 0 Å². The van der Waals surface area contributed by atoms with Gasteiger partial charge < -0.3 is 10.8 Å². The maximum absolute atomic E-state index is 13.3. The Morgan fingerprint density at radius 2 is 2.00 bits per heavy atom.